The van der Waals surface area contributed by atoms with E-state index in [-0.39, 0.29) is 0 Å². The van der Waals surface area contributed by atoms with Crippen LogP contribution in [0.5, 0.6) is 0 Å². The molecule has 0 bridgehead atoms. The number of rotatable bonds is 7. The zero-order valence-electron chi connectivity index (χ0n) is 30.8. The minimum Gasteiger partial charge on any atom is -0.455 e. The molecule has 0 saturated heterocycles. The van der Waals surface area contributed by atoms with Gasteiger partial charge in [0.1, 0.15) is 16.2 Å². The Bertz CT molecular complexity index is 3200. The van der Waals surface area contributed by atoms with Crippen LogP contribution in [0.1, 0.15) is 0 Å². The average Bonchev–Trinajstić information content (AvgIpc) is 3.90. The molecule has 0 aliphatic rings. The third-order valence-corrected chi connectivity index (χ3v) is 12.0. The highest BCUT2D eigenvalue weighted by atomic mass is 32.1. The first-order chi connectivity index (χ1) is 28.2. The molecule has 0 saturated carbocycles. The molecule has 4 heteroatoms. The van der Waals surface area contributed by atoms with Crippen LogP contribution in [-0.4, -0.2) is 4.98 Å². The standard InChI is InChI=1S/C53H34N2OS/c1-3-11-35(12-4-1)37-19-21-38(22-20-37)39-25-29-44(30-26-39)55(43-15-5-2-6-16-43)45-31-27-40(28-32-45)47-34-49-51(50-46-17-9-10-18-48(46)56-52(47)50)54-53(57-49)42-24-23-36-13-7-8-14-41(36)33-42/h1-34H. The van der Waals surface area contributed by atoms with Crippen LogP contribution in [-0.2, 0) is 0 Å². The lowest BCUT2D eigenvalue weighted by atomic mass is 9.99. The summed E-state index contributed by atoms with van der Waals surface area (Å²) in [6, 6.07) is 73.3. The van der Waals surface area contributed by atoms with E-state index in [0.29, 0.717) is 0 Å². The van der Waals surface area contributed by atoms with Crippen LogP contribution in [0, 0.1) is 0 Å². The number of para-hydroxylation sites is 2. The Hall–Kier alpha value is -7.27. The van der Waals surface area contributed by atoms with Crippen molar-refractivity contribution in [3.63, 3.8) is 0 Å². The topological polar surface area (TPSA) is 29.3 Å². The summed E-state index contributed by atoms with van der Waals surface area (Å²) in [4.78, 5) is 7.58. The van der Waals surface area contributed by atoms with E-state index in [4.69, 9.17) is 9.40 Å². The van der Waals surface area contributed by atoms with Crippen LogP contribution >= 0.6 is 11.3 Å². The van der Waals surface area contributed by atoms with Gasteiger partial charge >= 0.3 is 0 Å². The molecule has 11 rings (SSSR count). The van der Waals surface area contributed by atoms with Crippen molar-refractivity contribution in [2.45, 2.75) is 0 Å². The van der Waals surface area contributed by atoms with Gasteiger partial charge in [0.05, 0.1) is 15.6 Å². The van der Waals surface area contributed by atoms with Crippen LogP contribution in [0.25, 0.3) is 86.9 Å². The fourth-order valence-electron chi connectivity index (χ4n) is 8.04. The molecule has 2 heterocycles. The molecule has 9 aromatic carbocycles. The Labute approximate surface area is 334 Å². The molecule has 2 aromatic heterocycles. The van der Waals surface area contributed by atoms with Gasteiger partial charge < -0.3 is 9.32 Å². The number of benzene rings is 9. The van der Waals surface area contributed by atoms with E-state index in [1.54, 1.807) is 11.3 Å². The predicted molar refractivity (Wildman–Crippen MR) is 241 cm³/mol. The van der Waals surface area contributed by atoms with Gasteiger partial charge in [0.15, 0.2) is 0 Å². The van der Waals surface area contributed by atoms with Crippen LogP contribution < -0.4 is 4.90 Å². The summed E-state index contributed by atoms with van der Waals surface area (Å²) in [5, 5.41) is 5.58. The van der Waals surface area contributed by atoms with Crippen molar-refractivity contribution >= 4 is 71.3 Å². The molecular formula is C53H34N2OS. The number of aromatic nitrogens is 1. The second-order valence-electron chi connectivity index (χ2n) is 14.4. The van der Waals surface area contributed by atoms with Crippen molar-refractivity contribution in [3.8, 4) is 44.0 Å². The normalized spacial score (nSPS) is 11.5. The van der Waals surface area contributed by atoms with Gasteiger partial charge in [-0.2, -0.15) is 0 Å². The maximum absolute atomic E-state index is 6.67. The molecule has 0 fully saturated rings. The molecule has 11 aromatic rings. The smallest absolute Gasteiger partial charge is 0.145 e. The second-order valence-corrected chi connectivity index (χ2v) is 15.4. The summed E-state index contributed by atoms with van der Waals surface area (Å²) in [5.41, 5.74) is 14.0. The summed E-state index contributed by atoms with van der Waals surface area (Å²) in [6.07, 6.45) is 0. The van der Waals surface area contributed by atoms with Crippen molar-refractivity contribution in [1.29, 1.82) is 0 Å². The Balaban J connectivity index is 0.973. The van der Waals surface area contributed by atoms with E-state index in [0.717, 1.165) is 70.9 Å². The third kappa shape index (κ3) is 5.95. The van der Waals surface area contributed by atoms with Gasteiger partial charge in [0.25, 0.3) is 0 Å². The summed E-state index contributed by atoms with van der Waals surface area (Å²) in [5.74, 6) is 0. The Morgan fingerprint density at radius 3 is 1.65 bits per heavy atom. The van der Waals surface area contributed by atoms with Crippen molar-refractivity contribution in [2.24, 2.45) is 0 Å². The first-order valence-corrected chi connectivity index (χ1v) is 20.0. The molecule has 0 aliphatic carbocycles. The van der Waals surface area contributed by atoms with Gasteiger partial charge in [-0.3, -0.25) is 0 Å². The van der Waals surface area contributed by atoms with Crippen LogP contribution in [0.2, 0.25) is 0 Å². The molecule has 57 heavy (non-hydrogen) atoms. The molecular weight excluding hydrogens is 713 g/mol. The number of nitrogens with zero attached hydrogens (tertiary/aromatic N) is 2. The Morgan fingerprint density at radius 2 is 0.947 bits per heavy atom. The lowest BCUT2D eigenvalue weighted by molar-refractivity contribution is 0.670. The van der Waals surface area contributed by atoms with Crippen molar-refractivity contribution < 1.29 is 4.42 Å². The summed E-state index contributed by atoms with van der Waals surface area (Å²) >= 11 is 1.74. The maximum Gasteiger partial charge on any atom is 0.145 e. The lowest BCUT2D eigenvalue weighted by Gasteiger charge is -2.26. The summed E-state index contributed by atoms with van der Waals surface area (Å²) in [6.45, 7) is 0. The van der Waals surface area contributed by atoms with E-state index in [9.17, 15) is 0 Å². The quantitative estimate of drug-likeness (QED) is 0.163. The van der Waals surface area contributed by atoms with E-state index in [1.807, 2.05) is 12.1 Å². The number of thiazole rings is 1. The summed E-state index contributed by atoms with van der Waals surface area (Å²) < 4.78 is 7.80. The van der Waals surface area contributed by atoms with Gasteiger partial charge in [-0.05, 0) is 93.2 Å². The second kappa shape index (κ2) is 13.8. The first-order valence-electron chi connectivity index (χ1n) is 19.2. The minimum absolute atomic E-state index is 0.860. The fraction of sp³-hybridized carbons (Fsp3) is 0. The average molecular weight is 747 g/mol. The number of anilines is 3. The Morgan fingerprint density at radius 1 is 0.421 bits per heavy atom. The van der Waals surface area contributed by atoms with Gasteiger partial charge in [-0.1, -0.05) is 152 Å². The first kappa shape index (κ1) is 33.1. The molecule has 0 N–H and O–H groups in total. The molecule has 268 valence electrons. The van der Waals surface area contributed by atoms with E-state index < -0.39 is 0 Å². The molecule has 0 aliphatic heterocycles. The number of hydrogen-bond donors (Lipinski definition) is 0. The van der Waals surface area contributed by atoms with Crippen LogP contribution in [0.4, 0.5) is 17.1 Å². The van der Waals surface area contributed by atoms with Crippen molar-refractivity contribution in [3.05, 3.63) is 206 Å². The molecule has 0 amide bonds. The minimum atomic E-state index is 0.860. The van der Waals surface area contributed by atoms with Crippen molar-refractivity contribution in [1.82, 2.24) is 4.98 Å². The Kier molecular flexibility index (Phi) is 8.01. The molecule has 0 unspecified atom stereocenters. The molecule has 0 atom stereocenters. The number of furan rings is 1. The lowest BCUT2D eigenvalue weighted by Crippen LogP contribution is -2.09. The van der Waals surface area contributed by atoms with Crippen molar-refractivity contribution in [2.75, 3.05) is 4.90 Å². The van der Waals surface area contributed by atoms with Gasteiger partial charge in [0, 0.05) is 33.6 Å². The summed E-state index contributed by atoms with van der Waals surface area (Å²) in [7, 11) is 0. The fourth-order valence-corrected chi connectivity index (χ4v) is 9.05. The van der Waals surface area contributed by atoms with E-state index >= 15 is 0 Å². The van der Waals surface area contributed by atoms with Crippen LogP contribution in [0.15, 0.2) is 211 Å². The monoisotopic (exact) mass is 746 g/mol. The maximum atomic E-state index is 6.67. The highest BCUT2D eigenvalue weighted by molar-refractivity contribution is 7.21. The number of hydrogen-bond acceptors (Lipinski definition) is 4. The highest BCUT2D eigenvalue weighted by Gasteiger charge is 2.21. The highest BCUT2D eigenvalue weighted by Crippen LogP contribution is 2.45. The zero-order valence-corrected chi connectivity index (χ0v) is 31.7. The van der Waals surface area contributed by atoms with Gasteiger partial charge in [-0.25, -0.2) is 4.98 Å². The van der Waals surface area contributed by atoms with Gasteiger partial charge in [-0.15, -0.1) is 11.3 Å². The predicted octanol–water partition coefficient (Wildman–Crippen LogP) is 15.5. The van der Waals surface area contributed by atoms with Crippen LogP contribution in [0.3, 0.4) is 0 Å². The SMILES string of the molecule is c1ccc(-c2ccc(-c3ccc(N(c4ccccc4)c4ccc(-c5cc6sc(-c7ccc8ccccc8c7)nc6c6c5oc5ccccc56)cc4)cc3)cc2)cc1. The largest absolute Gasteiger partial charge is 0.455 e. The zero-order chi connectivity index (χ0) is 37.7. The number of fused-ring (bicyclic) bond motifs is 6. The third-order valence-electron chi connectivity index (χ3n) is 10.9. The molecule has 3 nitrogen and oxygen atoms in total. The van der Waals surface area contributed by atoms with Gasteiger partial charge in [0.2, 0.25) is 0 Å². The van der Waals surface area contributed by atoms with E-state index in [1.165, 1.54) is 33.0 Å². The van der Waals surface area contributed by atoms with E-state index in [2.05, 4.69) is 199 Å². The molecule has 0 radical (unpaired) electrons. The molecule has 0 spiro atoms.